The molecule has 0 saturated carbocycles. The van der Waals surface area contributed by atoms with E-state index >= 15 is 0 Å². The van der Waals surface area contributed by atoms with E-state index in [2.05, 4.69) is 63.3 Å². The van der Waals surface area contributed by atoms with Gasteiger partial charge in [0.25, 0.3) is 0 Å². The molecule has 0 spiro atoms. The number of benzene rings is 2. The van der Waals surface area contributed by atoms with Crippen LogP contribution in [0.1, 0.15) is 48.2 Å². The molecule has 0 fully saturated rings. The Kier molecular flexibility index (Phi) is 5.03. The minimum absolute atomic E-state index is 0.297. The molecule has 0 bridgehead atoms. The fourth-order valence-corrected chi connectivity index (χ4v) is 2.68. The predicted octanol–water partition coefficient (Wildman–Crippen LogP) is 4.72. The molecule has 2 rings (SSSR count). The molecule has 0 saturated heterocycles. The van der Waals surface area contributed by atoms with E-state index in [1.165, 1.54) is 22.3 Å². The van der Waals surface area contributed by atoms with Crippen molar-refractivity contribution in [1.29, 1.82) is 0 Å². The Bertz CT molecular complexity index is 589. The highest BCUT2D eigenvalue weighted by molar-refractivity contribution is 5.33. The van der Waals surface area contributed by atoms with Crippen molar-refractivity contribution >= 4 is 0 Å². The van der Waals surface area contributed by atoms with E-state index in [4.69, 9.17) is 4.74 Å². The molecule has 0 radical (unpaired) electrons. The van der Waals surface area contributed by atoms with Crippen molar-refractivity contribution in [3.8, 4) is 5.75 Å². The molecule has 21 heavy (non-hydrogen) atoms. The summed E-state index contributed by atoms with van der Waals surface area (Å²) in [5.74, 6) is 0.897. The summed E-state index contributed by atoms with van der Waals surface area (Å²) in [6.45, 7) is 8.73. The maximum Gasteiger partial charge on any atom is 0.118 e. The van der Waals surface area contributed by atoms with Crippen LogP contribution in [0.3, 0.4) is 0 Å². The molecule has 2 heteroatoms. The van der Waals surface area contributed by atoms with E-state index in [1.807, 2.05) is 12.1 Å². The molecule has 1 N–H and O–H groups in total. The fraction of sp³-hybridized carbons (Fsp3) is 0.368. The summed E-state index contributed by atoms with van der Waals surface area (Å²) < 4.78 is 5.21. The minimum Gasteiger partial charge on any atom is -0.497 e. The van der Waals surface area contributed by atoms with Crippen molar-refractivity contribution in [2.24, 2.45) is 0 Å². The average Bonchev–Trinajstić information content (AvgIpc) is 2.49. The summed E-state index contributed by atoms with van der Waals surface area (Å²) in [5, 5.41) is 3.68. The maximum atomic E-state index is 5.21. The molecule has 2 aromatic rings. The fourth-order valence-electron chi connectivity index (χ4n) is 2.68. The Balaban J connectivity index is 2.10. The number of aryl methyl sites for hydroxylation is 2. The summed E-state index contributed by atoms with van der Waals surface area (Å²) in [5.41, 5.74) is 5.28. The van der Waals surface area contributed by atoms with Gasteiger partial charge in [-0.05, 0) is 56.5 Å². The first-order chi connectivity index (χ1) is 10.0. The first-order valence-electron chi connectivity index (χ1n) is 7.48. The zero-order chi connectivity index (χ0) is 15.4. The Labute approximate surface area is 128 Å². The van der Waals surface area contributed by atoms with Crippen molar-refractivity contribution in [2.75, 3.05) is 7.11 Å². The molecule has 0 aliphatic rings. The standard InChI is InChI=1S/C19H25NO/c1-13-6-7-14(2)19(12-13)16(4)20-15(3)17-8-10-18(21-5)11-9-17/h6-12,15-16,20H,1-5H3/t15-,16?/m0/s1. The monoisotopic (exact) mass is 283 g/mol. The van der Waals surface area contributed by atoms with Crippen LogP contribution >= 0.6 is 0 Å². The van der Waals surface area contributed by atoms with E-state index in [0.29, 0.717) is 12.1 Å². The quantitative estimate of drug-likeness (QED) is 0.857. The highest BCUT2D eigenvalue weighted by atomic mass is 16.5. The summed E-state index contributed by atoms with van der Waals surface area (Å²) in [6, 6.07) is 15.5. The Morgan fingerprint density at radius 2 is 1.57 bits per heavy atom. The van der Waals surface area contributed by atoms with Crippen LogP contribution in [-0.2, 0) is 0 Å². The lowest BCUT2D eigenvalue weighted by Crippen LogP contribution is -2.23. The zero-order valence-corrected chi connectivity index (χ0v) is 13.6. The number of rotatable bonds is 5. The van der Waals surface area contributed by atoms with E-state index in [9.17, 15) is 0 Å². The van der Waals surface area contributed by atoms with Gasteiger partial charge in [0, 0.05) is 12.1 Å². The Morgan fingerprint density at radius 1 is 0.905 bits per heavy atom. The molecule has 0 heterocycles. The van der Waals surface area contributed by atoms with Crippen molar-refractivity contribution in [2.45, 2.75) is 39.8 Å². The van der Waals surface area contributed by atoms with Gasteiger partial charge in [0.15, 0.2) is 0 Å². The summed E-state index contributed by atoms with van der Waals surface area (Å²) in [7, 11) is 1.69. The van der Waals surface area contributed by atoms with Crippen LogP contribution in [0.25, 0.3) is 0 Å². The third-order valence-electron chi connectivity index (χ3n) is 4.02. The lowest BCUT2D eigenvalue weighted by atomic mass is 9.98. The van der Waals surface area contributed by atoms with E-state index in [-0.39, 0.29) is 0 Å². The van der Waals surface area contributed by atoms with Crippen molar-refractivity contribution in [3.63, 3.8) is 0 Å². The number of nitrogens with one attached hydrogen (secondary N) is 1. The second-order valence-electron chi connectivity index (χ2n) is 5.74. The molecular weight excluding hydrogens is 258 g/mol. The van der Waals surface area contributed by atoms with Crippen LogP contribution in [-0.4, -0.2) is 7.11 Å². The van der Waals surface area contributed by atoms with Gasteiger partial charge >= 0.3 is 0 Å². The summed E-state index contributed by atoms with van der Waals surface area (Å²) in [4.78, 5) is 0. The molecular formula is C19H25NO. The van der Waals surface area contributed by atoms with Gasteiger partial charge < -0.3 is 10.1 Å². The van der Waals surface area contributed by atoms with Crippen LogP contribution in [0.2, 0.25) is 0 Å². The molecule has 2 atom stereocenters. The smallest absolute Gasteiger partial charge is 0.118 e. The van der Waals surface area contributed by atoms with Crippen LogP contribution in [0, 0.1) is 13.8 Å². The van der Waals surface area contributed by atoms with Gasteiger partial charge in [0.1, 0.15) is 5.75 Å². The summed E-state index contributed by atoms with van der Waals surface area (Å²) >= 11 is 0. The SMILES string of the molecule is COc1ccc([C@H](C)NC(C)c2cc(C)ccc2C)cc1. The largest absolute Gasteiger partial charge is 0.497 e. The zero-order valence-electron chi connectivity index (χ0n) is 13.6. The number of hydrogen-bond acceptors (Lipinski definition) is 2. The third kappa shape index (κ3) is 3.85. The topological polar surface area (TPSA) is 21.3 Å². The average molecular weight is 283 g/mol. The molecule has 2 aromatic carbocycles. The van der Waals surface area contributed by atoms with Gasteiger partial charge in [-0.3, -0.25) is 0 Å². The van der Waals surface area contributed by atoms with Gasteiger partial charge in [-0.2, -0.15) is 0 Å². The number of ether oxygens (including phenoxy) is 1. The van der Waals surface area contributed by atoms with E-state index < -0.39 is 0 Å². The predicted molar refractivity (Wildman–Crippen MR) is 88.9 cm³/mol. The van der Waals surface area contributed by atoms with Crippen molar-refractivity contribution < 1.29 is 4.74 Å². The summed E-state index contributed by atoms with van der Waals surface area (Å²) in [6.07, 6.45) is 0. The highest BCUT2D eigenvalue weighted by Crippen LogP contribution is 2.24. The van der Waals surface area contributed by atoms with Crippen molar-refractivity contribution in [1.82, 2.24) is 5.32 Å². The normalized spacial score (nSPS) is 13.8. The second kappa shape index (κ2) is 6.77. The van der Waals surface area contributed by atoms with Gasteiger partial charge in [-0.25, -0.2) is 0 Å². The molecule has 0 aliphatic carbocycles. The lowest BCUT2D eigenvalue weighted by Gasteiger charge is -2.22. The molecule has 1 unspecified atom stereocenters. The number of methoxy groups -OCH3 is 1. The van der Waals surface area contributed by atoms with Crippen LogP contribution in [0.15, 0.2) is 42.5 Å². The third-order valence-corrected chi connectivity index (χ3v) is 4.02. The van der Waals surface area contributed by atoms with Crippen LogP contribution in [0.5, 0.6) is 5.75 Å². The van der Waals surface area contributed by atoms with Crippen LogP contribution in [0.4, 0.5) is 0 Å². The van der Waals surface area contributed by atoms with Gasteiger partial charge in [0.05, 0.1) is 7.11 Å². The van der Waals surface area contributed by atoms with E-state index in [1.54, 1.807) is 7.11 Å². The first-order valence-corrected chi connectivity index (χ1v) is 7.48. The first kappa shape index (κ1) is 15.6. The maximum absolute atomic E-state index is 5.21. The molecule has 2 nitrogen and oxygen atoms in total. The van der Waals surface area contributed by atoms with E-state index in [0.717, 1.165) is 5.75 Å². The molecule has 0 aliphatic heterocycles. The lowest BCUT2D eigenvalue weighted by molar-refractivity contribution is 0.414. The highest BCUT2D eigenvalue weighted by Gasteiger charge is 2.13. The van der Waals surface area contributed by atoms with Crippen molar-refractivity contribution in [3.05, 3.63) is 64.7 Å². The minimum atomic E-state index is 0.297. The van der Waals surface area contributed by atoms with Gasteiger partial charge in [-0.1, -0.05) is 35.9 Å². The Morgan fingerprint density at radius 3 is 2.19 bits per heavy atom. The second-order valence-corrected chi connectivity index (χ2v) is 5.74. The Hall–Kier alpha value is -1.80. The molecule has 112 valence electrons. The molecule has 0 amide bonds. The number of hydrogen-bond donors (Lipinski definition) is 1. The van der Waals surface area contributed by atoms with Crippen LogP contribution < -0.4 is 10.1 Å². The van der Waals surface area contributed by atoms with Gasteiger partial charge in [0.2, 0.25) is 0 Å². The van der Waals surface area contributed by atoms with Gasteiger partial charge in [-0.15, -0.1) is 0 Å². The molecule has 0 aromatic heterocycles.